The number of nitrogens with one attached hydrogen (secondary N) is 1. The van der Waals surface area contributed by atoms with E-state index in [1.165, 1.54) is 38.5 Å². The second kappa shape index (κ2) is 12.2. The highest BCUT2D eigenvalue weighted by atomic mass is 31.2. The number of carbonyl (C=O) groups is 1. The van der Waals surface area contributed by atoms with E-state index in [9.17, 15) is 14.6 Å². The fourth-order valence-corrected chi connectivity index (χ4v) is 2.69. The number of amides is 1. The average Bonchev–Trinajstić information content (AvgIpc) is 2.40. The van der Waals surface area contributed by atoms with Gasteiger partial charge in [0.25, 0.3) is 5.91 Å². The summed E-state index contributed by atoms with van der Waals surface area (Å²) in [5.41, 5.74) is 0. The summed E-state index contributed by atoms with van der Waals surface area (Å²) in [5.74, 6) is -0.355. The molecule has 0 aliphatic rings. The number of rotatable bonds is 13. The van der Waals surface area contributed by atoms with Crippen LogP contribution >= 0.6 is 7.14 Å². The van der Waals surface area contributed by atoms with Crippen LogP contribution in [0.4, 0.5) is 0 Å². The lowest BCUT2D eigenvalue weighted by molar-refractivity contribution is -0.164. The molecular weight excluding hydrogens is 287 g/mol. The van der Waals surface area contributed by atoms with E-state index >= 15 is 0 Å². The van der Waals surface area contributed by atoms with E-state index in [1.807, 2.05) is 0 Å². The van der Waals surface area contributed by atoms with Crippen molar-refractivity contribution in [2.24, 2.45) is 0 Å². The zero-order valence-corrected chi connectivity index (χ0v) is 14.8. The van der Waals surface area contributed by atoms with E-state index < -0.39 is 7.14 Å². The van der Waals surface area contributed by atoms with Gasteiger partial charge in [-0.05, 0) is 19.8 Å². The average molecular weight is 320 g/mol. The van der Waals surface area contributed by atoms with Crippen molar-refractivity contribution < 1.29 is 14.6 Å². The third-order valence-electron chi connectivity index (χ3n) is 3.28. The van der Waals surface area contributed by atoms with Crippen molar-refractivity contribution in [2.75, 3.05) is 32.7 Å². The molecule has 0 aromatic heterocycles. The predicted molar refractivity (Wildman–Crippen MR) is 88.4 cm³/mol. The van der Waals surface area contributed by atoms with Gasteiger partial charge in [0.15, 0.2) is 0 Å². The highest BCUT2D eigenvalue weighted by molar-refractivity contribution is 7.62. The van der Waals surface area contributed by atoms with Gasteiger partial charge in [0.2, 0.25) is 0 Å². The minimum absolute atomic E-state index is 0.0409. The molecule has 0 radical (unpaired) electrons. The molecule has 1 amide bonds. The Labute approximate surface area is 129 Å². The van der Waals surface area contributed by atoms with Crippen LogP contribution in [0.3, 0.4) is 0 Å². The van der Waals surface area contributed by atoms with Crippen LogP contribution in [-0.2, 0) is 9.36 Å². The highest BCUT2D eigenvalue weighted by Crippen LogP contribution is 2.33. The fourth-order valence-electron chi connectivity index (χ4n) is 2.04. The fraction of sp³-hybridized carbons (Fsp3) is 0.933. The first-order chi connectivity index (χ1) is 9.87. The third kappa shape index (κ3) is 14.3. The quantitative estimate of drug-likeness (QED) is 0.236. The molecule has 0 aliphatic heterocycles. The Balaban J connectivity index is 3.49. The van der Waals surface area contributed by atoms with Crippen LogP contribution in [0.25, 0.3) is 0 Å². The summed E-state index contributed by atoms with van der Waals surface area (Å²) in [7, 11) is -2.16. The van der Waals surface area contributed by atoms with Gasteiger partial charge in [-0.15, -0.1) is 0 Å². The summed E-state index contributed by atoms with van der Waals surface area (Å²) in [6.45, 7) is 5.97. The molecule has 5 nitrogen and oxygen atoms in total. The lowest BCUT2D eigenvalue weighted by atomic mass is 10.1. The molecule has 126 valence electrons. The van der Waals surface area contributed by atoms with Crippen molar-refractivity contribution >= 4 is 13.0 Å². The van der Waals surface area contributed by atoms with Gasteiger partial charge >= 0.3 is 0 Å². The van der Waals surface area contributed by atoms with Crippen molar-refractivity contribution in [1.82, 2.24) is 10.4 Å². The zero-order chi connectivity index (χ0) is 16.1. The number of carbonyl (C=O) groups excluding carboxylic acids is 1. The van der Waals surface area contributed by atoms with Gasteiger partial charge in [-0.25, -0.2) is 5.06 Å². The van der Waals surface area contributed by atoms with Crippen LogP contribution in [0.1, 0.15) is 58.3 Å². The van der Waals surface area contributed by atoms with E-state index in [-0.39, 0.29) is 12.5 Å². The van der Waals surface area contributed by atoms with Gasteiger partial charge in [-0.2, -0.15) is 0 Å². The second-order valence-corrected chi connectivity index (χ2v) is 9.61. The molecule has 2 N–H and O–H groups in total. The van der Waals surface area contributed by atoms with Gasteiger partial charge in [0.05, 0.1) is 13.7 Å². The summed E-state index contributed by atoms with van der Waals surface area (Å²) < 4.78 is 11.5. The smallest absolute Gasteiger partial charge is 0.259 e. The standard InChI is InChI=1S/C15H33N2O3P/c1-4-5-6-7-8-9-10-11-12-17(19)15(18)13-16-14-21(2,3)20/h16,19H,4-14H2,1-3H3. The van der Waals surface area contributed by atoms with Gasteiger partial charge < -0.3 is 9.88 Å². The van der Waals surface area contributed by atoms with E-state index in [0.717, 1.165) is 17.9 Å². The molecule has 0 atom stereocenters. The Morgan fingerprint density at radius 1 is 1.05 bits per heavy atom. The first-order valence-corrected chi connectivity index (χ1v) is 10.9. The molecular formula is C15H33N2O3P. The van der Waals surface area contributed by atoms with Gasteiger partial charge in [0, 0.05) is 12.8 Å². The van der Waals surface area contributed by atoms with Gasteiger partial charge in [0.1, 0.15) is 0 Å². The largest absolute Gasteiger partial charge is 0.323 e. The summed E-state index contributed by atoms with van der Waals surface area (Å²) in [4.78, 5) is 11.6. The molecule has 0 saturated carbocycles. The zero-order valence-electron chi connectivity index (χ0n) is 13.9. The van der Waals surface area contributed by atoms with Crippen LogP contribution in [0.15, 0.2) is 0 Å². The van der Waals surface area contributed by atoms with Crippen LogP contribution in [0, 0.1) is 0 Å². The Bertz CT molecular complexity index is 318. The Kier molecular flexibility index (Phi) is 12.0. The maximum absolute atomic E-state index is 11.6. The molecule has 0 rings (SSSR count). The molecule has 0 aromatic rings. The molecule has 0 bridgehead atoms. The van der Waals surface area contributed by atoms with Crippen LogP contribution in [0.5, 0.6) is 0 Å². The number of nitrogens with zero attached hydrogens (tertiary/aromatic N) is 1. The van der Waals surface area contributed by atoms with E-state index in [1.54, 1.807) is 13.3 Å². The van der Waals surface area contributed by atoms with E-state index in [0.29, 0.717) is 12.8 Å². The number of hydroxylamine groups is 2. The van der Waals surface area contributed by atoms with Crippen molar-refractivity contribution in [2.45, 2.75) is 58.3 Å². The van der Waals surface area contributed by atoms with Gasteiger partial charge in [-0.1, -0.05) is 51.9 Å². The normalized spacial score (nSPS) is 11.6. The molecule has 6 heteroatoms. The Morgan fingerprint density at radius 3 is 2.10 bits per heavy atom. The number of unbranched alkanes of at least 4 members (excludes halogenated alkanes) is 7. The van der Waals surface area contributed by atoms with Crippen LogP contribution in [-0.4, -0.2) is 48.9 Å². The molecule has 21 heavy (non-hydrogen) atoms. The molecule has 0 saturated heterocycles. The molecule has 0 aromatic carbocycles. The molecule has 0 fully saturated rings. The molecule has 0 unspecified atom stereocenters. The summed E-state index contributed by atoms with van der Waals surface area (Å²) in [6.07, 6.45) is 9.78. The predicted octanol–water partition coefficient (Wildman–Crippen LogP) is 3.51. The SMILES string of the molecule is CCCCCCCCCCN(O)C(=O)CNCP(C)(C)=O. The Morgan fingerprint density at radius 2 is 1.57 bits per heavy atom. The van der Waals surface area contributed by atoms with Crippen molar-refractivity contribution in [3.05, 3.63) is 0 Å². The lowest BCUT2D eigenvalue weighted by Gasteiger charge is -2.16. The summed E-state index contributed by atoms with van der Waals surface area (Å²) >= 11 is 0. The maximum atomic E-state index is 11.6. The third-order valence-corrected chi connectivity index (χ3v) is 4.27. The lowest BCUT2D eigenvalue weighted by Crippen LogP contribution is -2.36. The molecule has 0 aliphatic carbocycles. The minimum atomic E-state index is -2.16. The highest BCUT2D eigenvalue weighted by Gasteiger charge is 2.12. The molecule has 0 heterocycles. The van der Waals surface area contributed by atoms with Crippen molar-refractivity contribution in [3.63, 3.8) is 0 Å². The Hall–Kier alpha value is -0.380. The van der Waals surface area contributed by atoms with Crippen LogP contribution in [0.2, 0.25) is 0 Å². The molecule has 0 spiro atoms. The topological polar surface area (TPSA) is 69.6 Å². The summed E-state index contributed by atoms with van der Waals surface area (Å²) in [6, 6.07) is 0. The first kappa shape index (κ1) is 20.6. The monoisotopic (exact) mass is 320 g/mol. The number of hydrogen-bond donors (Lipinski definition) is 2. The van der Waals surface area contributed by atoms with Crippen molar-refractivity contribution in [3.8, 4) is 0 Å². The number of hydrogen-bond acceptors (Lipinski definition) is 4. The maximum Gasteiger partial charge on any atom is 0.259 e. The van der Waals surface area contributed by atoms with Crippen molar-refractivity contribution in [1.29, 1.82) is 0 Å². The van der Waals surface area contributed by atoms with Crippen LogP contribution < -0.4 is 5.32 Å². The van der Waals surface area contributed by atoms with Gasteiger partial charge in [-0.3, -0.25) is 10.0 Å². The summed E-state index contributed by atoms with van der Waals surface area (Å²) in [5, 5.41) is 13.2. The van der Waals surface area contributed by atoms with E-state index in [4.69, 9.17) is 0 Å². The second-order valence-electron chi connectivity index (χ2n) is 6.15. The minimum Gasteiger partial charge on any atom is -0.323 e. The first-order valence-electron chi connectivity index (χ1n) is 8.10. The van der Waals surface area contributed by atoms with E-state index in [2.05, 4.69) is 12.2 Å².